The Kier molecular flexibility index (Phi) is 11.1. The Labute approximate surface area is 186 Å². The van der Waals surface area contributed by atoms with Crippen LogP contribution in [0.15, 0.2) is 0 Å². The summed E-state index contributed by atoms with van der Waals surface area (Å²) in [6, 6.07) is 0. The lowest BCUT2D eigenvalue weighted by Crippen LogP contribution is -2.62. The van der Waals surface area contributed by atoms with Crippen LogP contribution in [0.5, 0.6) is 0 Å². The van der Waals surface area contributed by atoms with Crippen molar-refractivity contribution in [1.29, 1.82) is 0 Å². The number of ether oxygens (including phenoxy) is 5. The second kappa shape index (κ2) is 13.1. The van der Waals surface area contributed by atoms with E-state index in [-0.39, 0.29) is 26.3 Å². The van der Waals surface area contributed by atoms with Crippen molar-refractivity contribution in [3.63, 3.8) is 0 Å². The van der Waals surface area contributed by atoms with Crippen LogP contribution in [-0.2, 0) is 28.5 Å². The molecule has 2 fully saturated rings. The topological polar surface area (TPSA) is 202 Å². The molecular formula is C19H36N2O11. The van der Waals surface area contributed by atoms with Crippen molar-refractivity contribution in [2.24, 2.45) is 5.73 Å². The van der Waals surface area contributed by atoms with Crippen molar-refractivity contribution in [2.45, 2.75) is 74.6 Å². The van der Waals surface area contributed by atoms with Gasteiger partial charge in [-0.1, -0.05) is 6.92 Å². The van der Waals surface area contributed by atoms with Gasteiger partial charge in [0.15, 0.2) is 6.29 Å². The van der Waals surface area contributed by atoms with E-state index in [2.05, 4.69) is 5.32 Å². The molecule has 2 rings (SSSR count). The van der Waals surface area contributed by atoms with Gasteiger partial charge in [0.05, 0.1) is 19.3 Å². The number of carbonyl (C=O) groups is 1. The predicted octanol–water partition coefficient (Wildman–Crippen LogP) is -4.18. The van der Waals surface area contributed by atoms with Crippen molar-refractivity contribution in [2.75, 3.05) is 40.0 Å². The molecule has 0 radical (unpaired) electrons. The first-order valence-corrected chi connectivity index (χ1v) is 10.6. The molecule has 2 aliphatic rings. The highest BCUT2D eigenvalue weighted by Crippen LogP contribution is 2.27. The zero-order chi connectivity index (χ0) is 23.8. The molecule has 0 unspecified atom stereocenters. The lowest BCUT2D eigenvalue weighted by Gasteiger charge is -2.44. The number of methoxy groups -OCH3 is 1. The highest BCUT2D eigenvalue weighted by atomic mass is 16.7. The van der Waals surface area contributed by atoms with Crippen molar-refractivity contribution in [3.8, 4) is 0 Å². The molecule has 2 aliphatic heterocycles. The molecule has 2 heterocycles. The van der Waals surface area contributed by atoms with Crippen LogP contribution < -0.4 is 11.1 Å². The Hall–Kier alpha value is -0.970. The van der Waals surface area contributed by atoms with Gasteiger partial charge in [-0.25, -0.2) is 0 Å². The number of hydrogen-bond donors (Lipinski definition) is 7. The van der Waals surface area contributed by atoms with Crippen LogP contribution in [-0.4, -0.2) is 133 Å². The summed E-state index contributed by atoms with van der Waals surface area (Å²) in [7, 11) is 1.40. The van der Waals surface area contributed by atoms with Gasteiger partial charge >= 0.3 is 0 Å². The van der Waals surface area contributed by atoms with Gasteiger partial charge in [0, 0.05) is 20.2 Å². The fourth-order valence-electron chi connectivity index (χ4n) is 3.67. The van der Waals surface area contributed by atoms with Crippen LogP contribution in [0.25, 0.3) is 0 Å². The number of nitrogens with one attached hydrogen (secondary N) is 1. The standard InChI is InChI=1S/C19H36N2O11/c1-3-9-13(23)16(26)14(24)11(31-9)7-30-19-17(27)18(15(25)10(32-19)6-28-2)29-8-12(22)21-5-4-20/h9-11,13-19,23-27H,3-8,20H2,1-2H3,(H,21,22)/t9-,10-,11-,13+,14-,15-,16-,17-,18+,19+/m1/s1. The van der Waals surface area contributed by atoms with Gasteiger partial charge < -0.3 is 60.3 Å². The number of hydrogen-bond acceptors (Lipinski definition) is 12. The Bertz CT molecular complexity index is 569. The van der Waals surface area contributed by atoms with Gasteiger partial charge in [-0.3, -0.25) is 4.79 Å². The molecule has 8 N–H and O–H groups in total. The van der Waals surface area contributed by atoms with Crippen molar-refractivity contribution in [1.82, 2.24) is 5.32 Å². The Morgan fingerprint density at radius 1 is 0.906 bits per heavy atom. The summed E-state index contributed by atoms with van der Waals surface area (Å²) in [4.78, 5) is 11.8. The van der Waals surface area contributed by atoms with Crippen molar-refractivity contribution < 1.29 is 54.0 Å². The molecule has 0 aromatic heterocycles. The highest BCUT2D eigenvalue weighted by Gasteiger charge is 2.48. The number of rotatable bonds is 11. The fraction of sp³-hybridized carbons (Fsp3) is 0.947. The van der Waals surface area contributed by atoms with Crippen LogP contribution in [0.1, 0.15) is 13.3 Å². The molecule has 32 heavy (non-hydrogen) atoms. The Balaban J connectivity index is 2.01. The maximum atomic E-state index is 11.8. The van der Waals surface area contributed by atoms with Gasteiger partial charge in [0.1, 0.15) is 55.4 Å². The molecule has 0 saturated carbocycles. The third-order valence-corrected chi connectivity index (χ3v) is 5.48. The quantitative estimate of drug-likeness (QED) is 0.154. The van der Waals surface area contributed by atoms with E-state index < -0.39 is 73.7 Å². The Morgan fingerprint density at radius 3 is 2.19 bits per heavy atom. The average molecular weight is 469 g/mol. The molecule has 0 aliphatic carbocycles. The zero-order valence-electron chi connectivity index (χ0n) is 18.3. The summed E-state index contributed by atoms with van der Waals surface area (Å²) in [5.74, 6) is -0.473. The molecule has 13 heteroatoms. The third-order valence-electron chi connectivity index (χ3n) is 5.48. The van der Waals surface area contributed by atoms with Crippen LogP contribution in [0, 0.1) is 0 Å². The van der Waals surface area contributed by atoms with Crippen molar-refractivity contribution >= 4 is 5.91 Å². The molecule has 1 amide bonds. The van der Waals surface area contributed by atoms with Crippen LogP contribution in [0.2, 0.25) is 0 Å². The SMILES string of the molecule is CC[C@H]1O[C@H](CO[C@H]2O[C@H](COC)[C@@H](O)[C@H](OCC(=O)NCCN)[C@H]2O)[C@@H](O)[C@H](O)[C@H]1O. The molecule has 0 bridgehead atoms. The van der Waals surface area contributed by atoms with Gasteiger partial charge in [0.25, 0.3) is 0 Å². The molecule has 0 aromatic rings. The Morgan fingerprint density at radius 2 is 1.56 bits per heavy atom. The minimum atomic E-state index is -1.49. The molecule has 13 nitrogen and oxygen atoms in total. The van der Waals surface area contributed by atoms with Crippen molar-refractivity contribution in [3.05, 3.63) is 0 Å². The van der Waals surface area contributed by atoms with Gasteiger partial charge in [-0.05, 0) is 6.42 Å². The maximum Gasteiger partial charge on any atom is 0.246 e. The number of amides is 1. The number of aliphatic hydroxyl groups excluding tert-OH is 5. The molecule has 188 valence electrons. The second-order valence-electron chi connectivity index (χ2n) is 7.82. The van der Waals surface area contributed by atoms with E-state index in [1.807, 2.05) is 0 Å². The van der Waals surface area contributed by atoms with Gasteiger partial charge in [0.2, 0.25) is 5.91 Å². The number of carbonyl (C=O) groups excluding carboxylic acids is 1. The zero-order valence-corrected chi connectivity index (χ0v) is 18.3. The monoisotopic (exact) mass is 468 g/mol. The lowest BCUT2D eigenvalue weighted by molar-refractivity contribution is -0.319. The van der Waals surface area contributed by atoms with Gasteiger partial charge in [-0.2, -0.15) is 0 Å². The molecular weight excluding hydrogens is 432 g/mol. The first-order chi connectivity index (χ1) is 15.2. The summed E-state index contributed by atoms with van der Waals surface area (Å²) in [6.45, 7) is 1.49. The number of nitrogens with two attached hydrogens (primary N) is 1. The largest absolute Gasteiger partial charge is 0.388 e. The summed E-state index contributed by atoms with van der Waals surface area (Å²) >= 11 is 0. The average Bonchev–Trinajstić information content (AvgIpc) is 2.78. The first-order valence-electron chi connectivity index (χ1n) is 10.6. The summed E-state index contributed by atoms with van der Waals surface area (Å²) < 4.78 is 27.2. The maximum absolute atomic E-state index is 11.8. The van der Waals surface area contributed by atoms with E-state index in [1.165, 1.54) is 7.11 Å². The van der Waals surface area contributed by atoms with Crippen LogP contribution in [0.3, 0.4) is 0 Å². The highest BCUT2D eigenvalue weighted by molar-refractivity contribution is 5.77. The summed E-state index contributed by atoms with van der Waals surface area (Å²) in [6.07, 6.45) is -11.7. The minimum Gasteiger partial charge on any atom is -0.388 e. The summed E-state index contributed by atoms with van der Waals surface area (Å²) in [5.41, 5.74) is 5.33. The second-order valence-corrected chi connectivity index (χ2v) is 7.82. The van der Waals surface area contributed by atoms with E-state index in [4.69, 9.17) is 29.4 Å². The third kappa shape index (κ3) is 6.77. The van der Waals surface area contributed by atoms with E-state index >= 15 is 0 Å². The minimum absolute atomic E-state index is 0.0433. The number of aliphatic hydroxyl groups is 5. The lowest BCUT2D eigenvalue weighted by atomic mass is 9.94. The fourth-order valence-corrected chi connectivity index (χ4v) is 3.67. The van der Waals surface area contributed by atoms with E-state index in [1.54, 1.807) is 6.92 Å². The summed E-state index contributed by atoms with van der Waals surface area (Å²) in [5, 5.41) is 53.9. The van der Waals surface area contributed by atoms with E-state index in [9.17, 15) is 30.3 Å². The molecule has 0 spiro atoms. The van der Waals surface area contributed by atoms with Crippen LogP contribution in [0.4, 0.5) is 0 Å². The van der Waals surface area contributed by atoms with E-state index in [0.29, 0.717) is 6.42 Å². The molecule has 2 saturated heterocycles. The normalized spacial score (nSPS) is 40.2. The van der Waals surface area contributed by atoms with Gasteiger partial charge in [-0.15, -0.1) is 0 Å². The van der Waals surface area contributed by atoms with E-state index in [0.717, 1.165) is 0 Å². The smallest absolute Gasteiger partial charge is 0.246 e. The first kappa shape index (κ1) is 27.3. The van der Waals surface area contributed by atoms with Crippen LogP contribution >= 0.6 is 0 Å². The predicted molar refractivity (Wildman–Crippen MR) is 107 cm³/mol. The molecule has 10 atom stereocenters. The molecule has 0 aromatic carbocycles.